The lowest BCUT2D eigenvalue weighted by Gasteiger charge is -2.21. The molecule has 37 heavy (non-hydrogen) atoms. The largest absolute Gasteiger partial charge is 0.456 e. The highest BCUT2D eigenvalue weighted by Crippen LogP contribution is 2.41. The minimum atomic E-state index is 0.124. The second kappa shape index (κ2) is 7.11. The Bertz CT molecular complexity index is 2100. The SMILES string of the molecule is CC(C)(C)c1cc2ccc3cc(-c4ccc5oc6ccc7ccccc7c6c5c4)cc4ccc(c1)c2c34. The monoisotopic (exact) mass is 474 g/mol. The molecule has 8 rings (SSSR count). The molecule has 0 spiro atoms. The summed E-state index contributed by atoms with van der Waals surface area (Å²) in [5, 5.41) is 12.8. The van der Waals surface area contributed by atoms with Crippen molar-refractivity contribution >= 4 is 65.0 Å². The molecule has 0 amide bonds. The molecule has 1 nitrogen and oxygen atoms in total. The van der Waals surface area contributed by atoms with E-state index in [-0.39, 0.29) is 5.41 Å². The van der Waals surface area contributed by atoms with E-state index in [4.69, 9.17) is 4.42 Å². The molecule has 0 unspecified atom stereocenters. The third-order valence-corrected chi connectivity index (χ3v) is 8.09. The van der Waals surface area contributed by atoms with E-state index in [2.05, 4.69) is 124 Å². The summed E-state index contributed by atoms with van der Waals surface area (Å²) in [6.45, 7) is 6.86. The zero-order valence-corrected chi connectivity index (χ0v) is 21.2. The molecule has 0 aliphatic heterocycles. The Labute approximate surface area is 215 Å². The van der Waals surface area contributed by atoms with Crippen LogP contribution >= 0.6 is 0 Å². The highest BCUT2D eigenvalue weighted by atomic mass is 16.3. The van der Waals surface area contributed by atoms with Crippen LogP contribution < -0.4 is 0 Å². The van der Waals surface area contributed by atoms with Crippen LogP contribution in [0.4, 0.5) is 0 Å². The molecule has 8 aromatic rings. The summed E-state index contributed by atoms with van der Waals surface area (Å²) in [6, 6.07) is 38.0. The van der Waals surface area contributed by atoms with Crippen LogP contribution in [0, 0.1) is 0 Å². The van der Waals surface area contributed by atoms with Gasteiger partial charge in [-0.25, -0.2) is 0 Å². The average Bonchev–Trinajstić information content (AvgIpc) is 3.29. The molecule has 0 radical (unpaired) electrons. The van der Waals surface area contributed by atoms with Crippen molar-refractivity contribution in [3.05, 3.63) is 109 Å². The summed E-state index contributed by atoms with van der Waals surface area (Å²) >= 11 is 0. The van der Waals surface area contributed by atoms with Crippen LogP contribution in [0.5, 0.6) is 0 Å². The molecule has 1 heteroatoms. The van der Waals surface area contributed by atoms with E-state index in [0.717, 1.165) is 11.2 Å². The molecular formula is C36H26O. The van der Waals surface area contributed by atoms with Crippen molar-refractivity contribution in [2.24, 2.45) is 0 Å². The zero-order valence-electron chi connectivity index (χ0n) is 21.2. The third-order valence-electron chi connectivity index (χ3n) is 8.09. The molecule has 0 aliphatic rings. The van der Waals surface area contributed by atoms with E-state index < -0.39 is 0 Å². The predicted molar refractivity (Wildman–Crippen MR) is 159 cm³/mol. The molecule has 1 heterocycles. The number of rotatable bonds is 1. The van der Waals surface area contributed by atoms with Gasteiger partial charge in [-0.2, -0.15) is 0 Å². The van der Waals surface area contributed by atoms with E-state index in [1.54, 1.807) is 0 Å². The first-order valence-corrected chi connectivity index (χ1v) is 13.0. The highest BCUT2D eigenvalue weighted by Gasteiger charge is 2.18. The van der Waals surface area contributed by atoms with Gasteiger partial charge in [0.2, 0.25) is 0 Å². The van der Waals surface area contributed by atoms with E-state index in [9.17, 15) is 0 Å². The second-order valence-electron chi connectivity index (χ2n) is 11.4. The smallest absolute Gasteiger partial charge is 0.136 e. The molecule has 176 valence electrons. The van der Waals surface area contributed by atoms with Gasteiger partial charge >= 0.3 is 0 Å². The summed E-state index contributed by atoms with van der Waals surface area (Å²) in [4.78, 5) is 0. The summed E-state index contributed by atoms with van der Waals surface area (Å²) in [6.07, 6.45) is 0. The fourth-order valence-corrected chi connectivity index (χ4v) is 6.16. The van der Waals surface area contributed by atoms with Gasteiger partial charge in [0.1, 0.15) is 11.2 Å². The fraction of sp³-hybridized carbons (Fsp3) is 0.111. The van der Waals surface area contributed by atoms with Gasteiger partial charge in [-0.05, 0) is 95.5 Å². The van der Waals surface area contributed by atoms with Gasteiger partial charge < -0.3 is 4.42 Å². The van der Waals surface area contributed by atoms with Crippen molar-refractivity contribution in [2.45, 2.75) is 26.2 Å². The topological polar surface area (TPSA) is 13.1 Å². The lowest BCUT2D eigenvalue weighted by Crippen LogP contribution is -2.10. The zero-order chi connectivity index (χ0) is 24.9. The Morgan fingerprint density at radius 2 is 1.05 bits per heavy atom. The maximum absolute atomic E-state index is 6.24. The van der Waals surface area contributed by atoms with Crippen molar-refractivity contribution in [1.82, 2.24) is 0 Å². The number of hydrogen-bond acceptors (Lipinski definition) is 1. The normalized spacial score (nSPS) is 12.7. The Morgan fingerprint density at radius 1 is 0.459 bits per heavy atom. The average molecular weight is 475 g/mol. The maximum Gasteiger partial charge on any atom is 0.136 e. The van der Waals surface area contributed by atoms with Crippen molar-refractivity contribution in [2.75, 3.05) is 0 Å². The third kappa shape index (κ3) is 2.98. The molecule has 0 atom stereocenters. The lowest BCUT2D eigenvalue weighted by molar-refractivity contribution is 0.591. The Morgan fingerprint density at radius 3 is 1.73 bits per heavy atom. The van der Waals surface area contributed by atoms with Gasteiger partial charge in [0.15, 0.2) is 0 Å². The molecule has 0 fully saturated rings. The summed E-state index contributed by atoms with van der Waals surface area (Å²) < 4.78 is 6.24. The maximum atomic E-state index is 6.24. The van der Waals surface area contributed by atoms with E-state index in [1.165, 1.54) is 70.6 Å². The van der Waals surface area contributed by atoms with Gasteiger partial charge in [0.25, 0.3) is 0 Å². The highest BCUT2D eigenvalue weighted by molar-refractivity contribution is 6.24. The number of hydrogen-bond donors (Lipinski definition) is 0. The van der Waals surface area contributed by atoms with Crippen LogP contribution in [0.15, 0.2) is 108 Å². The lowest BCUT2D eigenvalue weighted by atomic mass is 9.83. The minimum absolute atomic E-state index is 0.124. The first-order chi connectivity index (χ1) is 17.9. The van der Waals surface area contributed by atoms with Crippen LogP contribution in [-0.4, -0.2) is 0 Å². The Balaban J connectivity index is 1.37. The Kier molecular flexibility index (Phi) is 4.00. The molecular weight excluding hydrogens is 448 g/mol. The Hall–Kier alpha value is -4.36. The van der Waals surface area contributed by atoms with Gasteiger partial charge in [-0.1, -0.05) is 93.6 Å². The van der Waals surface area contributed by atoms with Crippen LogP contribution in [-0.2, 0) is 5.41 Å². The van der Waals surface area contributed by atoms with E-state index >= 15 is 0 Å². The summed E-state index contributed by atoms with van der Waals surface area (Å²) in [5.74, 6) is 0. The van der Waals surface area contributed by atoms with Crippen LogP contribution in [0.2, 0.25) is 0 Å². The summed E-state index contributed by atoms with van der Waals surface area (Å²) in [5.41, 5.74) is 5.82. The van der Waals surface area contributed by atoms with E-state index in [1.807, 2.05) is 0 Å². The van der Waals surface area contributed by atoms with Crippen molar-refractivity contribution in [1.29, 1.82) is 0 Å². The molecule has 0 aliphatic carbocycles. The predicted octanol–water partition coefficient (Wildman–Crippen LogP) is 10.6. The minimum Gasteiger partial charge on any atom is -0.456 e. The number of benzene rings is 7. The van der Waals surface area contributed by atoms with Crippen LogP contribution in [0.25, 0.3) is 76.2 Å². The molecule has 0 bridgehead atoms. The van der Waals surface area contributed by atoms with Gasteiger partial charge in [-0.3, -0.25) is 0 Å². The number of furan rings is 1. The van der Waals surface area contributed by atoms with Crippen molar-refractivity contribution < 1.29 is 4.42 Å². The van der Waals surface area contributed by atoms with Crippen LogP contribution in [0.3, 0.4) is 0 Å². The molecule has 7 aromatic carbocycles. The van der Waals surface area contributed by atoms with Gasteiger partial charge in [-0.15, -0.1) is 0 Å². The number of fused-ring (bicyclic) bond motifs is 5. The van der Waals surface area contributed by atoms with E-state index in [0.29, 0.717) is 0 Å². The van der Waals surface area contributed by atoms with Crippen molar-refractivity contribution in [3.63, 3.8) is 0 Å². The first-order valence-electron chi connectivity index (χ1n) is 13.0. The van der Waals surface area contributed by atoms with Gasteiger partial charge in [0, 0.05) is 10.8 Å². The molecule has 0 N–H and O–H groups in total. The quantitative estimate of drug-likeness (QED) is 0.216. The molecule has 0 saturated carbocycles. The van der Waals surface area contributed by atoms with Crippen molar-refractivity contribution in [3.8, 4) is 11.1 Å². The molecule has 0 saturated heterocycles. The standard InChI is InChI=1S/C36H26O/c1-36(2,3)28-18-25-10-8-23-16-27(17-24-9-11-26(19-28)34(25)33(23)24)22-13-14-31-30(20-22)35-29-7-5-4-6-21(29)12-15-32(35)37-31/h4-20H,1-3H3. The van der Waals surface area contributed by atoms with Crippen LogP contribution in [0.1, 0.15) is 26.3 Å². The first kappa shape index (κ1) is 20.8. The second-order valence-corrected chi connectivity index (χ2v) is 11.4. The van der Waals surface area contributed by atoms with Gasteiger partial charge in [0.05, 0.1) is 0 Å². The molecule has 1 aromatic heterocycles. The summed E-state index contributed by atoms with van der Waals surface area (Å²) in [7, 11) is 0. The fourth-order valence-electron chi connectivity index (χ4n) is 6.16.